The van der Waals surface area contributed by atoms with Crippen molar-refractivity contribution in [3.05, 3.63) is 30.3 Å². The summed E-state index contributed by atoms with van der Waals surface area (Å²) in [7, 11) is 0.486. The van der Waals surface area contributed by atoms with Gasteiger partial charge in [0.2, 0.25) is 0 Å². The van der Waals surface area contributed by atoms with E-state index >= 15 is 0 Å². The van der Waals surface area contributed by atoms with Crippen molar-refractivity contribution in [2.24, 2.45) is 0 Å². The number of nitrogens with zero attached hydrogens (tertiary/aromatic N) is 1. The van der Waals surface area contributed by atoms with E-state index < -0.39 is 7.25 Å². The third-order valence-corrected chi connectivity index (χ3v) is 1.53. The van der Waals surface area contributed by atoms with E-state index in [0.717, 1.165) is 4.48 Å². The Balaban J connectivity index is 0.000000336. The van der Waals surface area contributed by atoms with Crippen LogP contribution in [0.4, 0.5) is 23.0 Å². The van der Waals surface area contributed by atoms with Crippen LogP contribution < -0.4 is 4.48 Å². The number of quaternary nitrogens is 1. The molecule has 0 aliphatic carbocycles. The largest absolute Gasteiger partial charge is 0.673 e. The molecule has 15 heavy (non-hydrogen) atoms. The quantitative estimate of drug-likeness (QED) is 0.389. The normalized spacial score (nSPS) is 11.7. The molecular weight excluding hydrogens is 209 g/mol. The monoisotopic (exact) mass is 223 g/mol. The molecule has 0 spiro atoms. The highest BCUT2D eigenvalue weighted by atomic mass is 19.5. The Bertz CT molecular complexity index is 272. The predicted octanol–water partition coefficient (Wildman–Crippen LogP) is 3.18. The maximum atomic E-state index is 9.75. The van der Waals surface area contributed by atoms with Gasteiger partial charge in [-0.15, -0.1) is 0 Å². The molecule has 0 aliphatic heterocycles. The maximum Gasteiger partial charge on any atom is 0.673 e. The Hall–Kier alpha value is -1.04. The summed E-state index contributed by atoms with van der Waals surface area (Å²) in [6, 6.07) is 10.5. The number of hydrogen-bond donors (Lipinski definition) is 0. The lowest BCUT2D eigenvalue weighted by molar-refractivity contribution is 0.368. The molecule has 0 saturated heterocycles. The predicted molar refractivity (Wildman–Crippen MR) is 56.2 cm³/mol. The molecule has 0 fully saturated rings. The molecule has 0 saturated carbocycles. The van der Waals surface area contributed by atoms with E-state index in [2.05, 4.69) is 45.4 Å². The zero-order valence-corrected chi connectivity index (χ0v) is 8.92. The summed E-state index contributed by atoms with van der Waals surface area (Å²) in [4.78, 5) is 0. The molecule has 0 aliphatic rings. The van der Waals surface area contributed by atoms with E-state index in [4.69, 9.17) is 0 Å². The summed E-state index contributed by atoms with van der Waals surface area (Å²) >= 11 is 0. The highest BCUT2D eigenvalue weighted by molar-refractivity contribution is 6.50. The average molecular weight is 223 g/mol. The molecule has 0 radical (unpaired) electrons. The molecule has 0 bridgehead atoms. The number of halogens is 4. The summed E-state index contributed by atoms with van der Waals surface area (Å²) in [5.41, 5.74) is 1.34. The molecule has 0 amide bonds. The second-order valence-electron chi connectivity index (χ2n) is 3.84. The van der Waals surface area contributed by atoms with Crippen molar-refractivity contribution in [3.8, 4) is 0 Å². The van der Waals surface area contributed by atoms with Crippen molar-refractivity contribution in [1.82, 2.24) is 4.48 Å². The fourth-order valence-corrected chi connectivity index (χ4v) is 0.875. The van der Waals surface area contributed by atoms with Gasteiger partial charge in [-0.3, -0.25) is 4.48 Å². The van der Waals surface area contributed by atoms with E-state index in [1.165, 1.54) is 5.69 Å². The van der Waals surface area contributed by atoms with Crippen LogP contribution in [0.25, 0.3) is 0 Å². The van der Waals surface area contributed by atoms with Crippen molar-refractivity contribution in [3.63, 3.8) is 0 Å². The van der Waals surface area contributed by atoms with Crippen LogP contribution in [0.1, 0.15) is 0 Å². The fraction of sp³-hybridized carbons (Fsp3) is 0.333. The highest BCUT2D eigenvalue weighted by Gasteiger charge is 2.20. The van der Waals surface area contributed by atoms with Crippen molar-refractivity contribution in [1.29, 1.82) is 0 Å². The Labute approximate surface area is 87.0 Å². The molecule has 1 aromatic carbocycles. The summed E-state index contributed by atoms with van der Waals surface area (Å²) in [6.07, 6.45) is 0. The molecule has 1 nitrogen and oxygen atoms in total. The van der Waals surface area contributed by atoms with Gasteiger partial charge in [0.15, 0.2) is 0 Å². The van der Waals surface area contributed by atoms with Gasteiger partial charge >= 0.3 is 7.25 Å². The van der Waals surface area contributed by atoms with E-state index in [-0.39, 0.29) is 0 Å². The molecule has 0 N–H and O–H groups in total. The number of hydrogen-bond acceptors (Lipinski definition) is 0. The fourth-order valence-electron chi connectivity index (χ4n) is 0.875. The van der Waals surface area contributed by atoms with Gasteiger partial charge in [-0.25, -0.2) is 0 Å². The minimum atomic E-state index is -6.00. The van der Waals surface area contributed by atoms with Crippen LogP contribution in [-0.4, -0.2) is 28.4 Å². The van der Waals surface area contributed by atoms with E-state index in [1.807, 2.05) is 6.07 Å². The first kappa shape index (κ1) is 14.0. The summed E-state index contributed by atoms with van der Waals surface area (Å²) in [5, 5.41) is 0. The molecule has 0 atom stereocenters. The lowest BCUT2D eigenvalue weighted by atomic mass is 10.3. The number of para-hydroxylation sites is 1. The number of benzene rings is 1. The Morgan fingerprint density at radius 3 is 1.40 bits per heavy atom. The first-order valence-electron chi connectivity index (χ1n) is 4.35. The second kappa shape index (κ2) is 5.16. The average Bonchev–Trinajstić information content (AvgIpc) is 2.01. The maximum absolute atomic E-state index is 9.75. The standard InChI is InChI=1S/C9H14N.BF4/c1-10(2,3)9-7-5-4-6-8-9;2-1(3,4)5/h4-8H,1-3H3;/q+1;-1. The number of rotatable bonds is 1. The lowest BCUT2D eigenvalue weighted by Gasteiger charge is -2.22. The van der Waals surface area contributed by atoms with Gasteiger partial charge in [0.1, 0.15) is 5.69 Å². The molecule has 0 unspecified atom stereocenters. The SMILES string of the molecule is C[N+](C)(C)c1ccccc1.F[B-](F)(F)F. The van der Waals surface area contributed by atoms with E-state index in [0.29, 0.717) is 0 Å². The zero-order chi connectivity index (χ0) is 12.1. The Kier molecular flexibility index (Phi) is 4.80. The first-order valence-corrected chi connectivity index (χ1v) is 4.35. The van der Waals surface area contributed by atoms with Gasteiger partial charge in [0.25, 0.3) is 0 Å². The Morgan fingerprint density at radius 1 is 0.867 bits per heavy atom. The third kappa shape index (κ3) is 9.27. The molecule has 0 aromatic heterocycles. The summed E-state index contributed by atoms with van der Waals surface area (Å²) in [6.45, 7) is 0. The van der Waals surface area contributed by atoms with Gasteiger partial charge in [0.05, 0.1) is 21.1 Å². The van der Waals surface area contributed by atoms with Crippen molar-refractivity contribution < 1.29 is 17.3 Å². The van der Waals surface area contributed by atoms with Crippen LogP contribution in [0.3, 0.4) is 0 Å². The molecule has 6 heteroatoms. The van der Waals surface area contributed by atoms with Gasteiger partial charge in [-0.1, -0.05) is 18.2 Å². The second-order valence-corrected chi connectivity index (χ2v) is 3.84. The minimum absolute atomic E-state index is 0.890. The van der Waals surface area contributed by atoms with Crippen molar-refractivity contribution >= 4 is 12.9 Å². The molecule has 0 heterocycles. The van der Waals surface area contributed by atoms with Crippen LogP contribution in [0.2, 0.25) is 0 Å². The van der Waals surface area contributed by atoms with Crippen LogP contribution >= 0.6 is 0 Å². The van der Waals surface area contributed by atoms with Gasteiger partial charge in [0, 0.05) is 0 Å². The smallest absolute Gasteiger partial charge is 0.418 e. The molecular formula is C9H14BF4N. The minimum Gasteiger partial charge on any atom is -0.418 e. The van der Waals surface area contributed by atoms with Crippen molar-refractivity contribution in [2.45, 2.75) is 0 Å². The van der Waals surface area contributed by atoms with E-state index in [1.54, 1.807) is 0 Å². The topological polar surface area (TPSA) is 0 Å². The first-order chi connectivity index (χ1) is 6.61. The zero-order valence-electron chi connectivity index (χ0n) is 8.92. The molecule has 1 aromatic rings. The van der Waals surface area contributed by atoms with Crippen LogP contribution in [0.15, 0.2) is 30.3 Å². The third-order valence-electron chi connectivity index (χ3n) is 1.53. The van der Waals surface area contributed by atoms with Crippen LogP contribution in [0, 0.1) is 0 Å². The van der Waals surface area contributed by atoms with Crippen LogP contribution in [0.5, 0.6) is 0 Å². The van der Waals surface area contributed by atoms with E-state index in [9.17, 15) is 17.3 Å². The highest BCUT2D eigenvalue weighted by Crippen LogP contribution is 2.14. The van der Waals surface area contributed by atoms with Gasteiger partial charge in [-0.2, -0.15) is 0 Å². The van der Waals surface area contributed by atoms with Crippen LogP contribution in [-0.2, 0) is 0 Å². The summed E-state index contributed by atoms with van der Waals surface area (Å²) in [5.74, 6) is 0. The molecule has 86 valence electrons. The lowest BCUT2D eigenvalue weighted by Crippen LogP contribution is -2.34. The van der Waals surface area contributed by atoms with Gasteiger partial charge < -0.3 is 17.3 Å². The summed E-state index contributed by atoms with van der Waals surface area (Å²) < 4.78 is 39.9. The Morgan fingerprint density at radius 2 is 1.20 bits per heavy atom. The van der Waals surface area contributed by atoms with Crippen molar-refractivity contribution in [2.75, 3.05) is 21.1 Å². The van der Waals surface area contributed by atoms with Gasteiger partial charge in [-0.05, 0) is 12.1 Å². The molecule has 1 rings (SSSR count).